The van der Waals surface area contributed by atoms with E-state index < -0.39 is 0 Å². The molecular weight excluding hydrogens is 321 g/mol. The molecule has 1 N–H and O–H groups in total. The van der Waals surface area contributed by atoms with Crippen LogP contribution >= 0.6 is 11.6 Å². The molecule has 0 fully saturated rings. The maximum atomic E-state index is 14.2. The second-order valence-electron chi connectivity index (χ2n) is 7.78. The fraction of sp³-hybridized carbons (Fsp3) is 0.619. The van der Waals surface area contributed by atoms with E-state index in [1.165, 1.54) is 31.7 Å². The molecule has 0 aliphatic carbocycles. The van der Waals surface area contributed by atoms with Crippen LogP contribution in [0, 0.1) is 17.2 Å². The third-order valence-electron chi connectivity index (χ3n) is 4.58. The van der Waals surface area contributed by atoms with Crippen LogP contribution in [0.5, 0.6) is 0 Å². The molecule has 0 radical (unpaired) electrons. The zero-order valence-electron chi connectivity index (χ0n) is 15.9. The largest absolute Gasteiger partial charge is 0.381 e. The molecule has 1 rings (SSSR count). The Hall–Kier alpha value is -1.02. The smallest absolute Gasteiger partial charge is 0.133 e. The van der Waals surface area contributed by atoms with Gasteiger partial charge in [0.15, 0.2) is 0 Å². The molecule has 0 aliphatic rings. The second-order valence-corrected chi connectivity index (χ2v) is 8.22. The Kier molecular flexibility index (Phi) is 8.29. The monoisotopic (exact) mass is 353 g/mol. The van der Waals surface area contributed by atoms with E-state index in [0.29, 0.717) is 22.2 Å². The van der Waals surface area contributed by atoms with Crippen LogP contribution < -0.4 is 5.32 Å². The van der Waals surface area contributed by atoms with Crippen molar-refractivity contribution < 1.29 is 4.39 Å². The number of hydrogen-bond donors (Lipinski definition) is 1. The molecule has 2 unspecified atom stereocenters. The minimum atomic E-state index is -0.326. The van der Waals surface area contributed by atoms with Crippen LogP contribution in [0.3, 0.4) is 0 Å². The molecule has 0 bridgehead atoms. The standard InChI is InChI=1S/C21H33ClFN/c1-7-9-11-16(10-8-2)20(21(4,5)6)24-15(3)18-13-12-17(22)14-19(18)23/h12-14,16,20,24H,3,7-11H2,1-2,4-6H3. The highest BCUT2D eigenvalue weighted by atomic mass is 35.5. The molecule has 1 nitrogen and oxygen atoms in total. The van der Waals surface area contributed by atoms with Crippen LogP contribution in [0.2, 0.25) is 5.02 Å². The first-order chi connectivity index (χ1) is 11.2. The van der Waals surface area contributed by atoms with E-state index in [9.17, 15) is 4.39 Å². The quantitative estimate of drug-likeness (QED) is 0.501. The lowest BCUT2D eigenvalue weighted by Crippen LogP contribution is -2.45. The van der Waals surface area contributed by atoms with Crippen LogP contribution in [0.1, 0.15) is 72.3 Å². The van der Waals surface area contributed by atoms with Crippen LogP contribution in [0.25, 0.3) is 5.70 Å². The molecule has 1 aromatic carbocycles. The highest BCUT2D eigenvalue weighted by Gasteiger charge is 2.32. The summed E-state index contributed by atoms with van der Waals surface area (Å²) in [5.41, 5.74) is 1.21. The SMILES string of the molecule is C=C(NC(C(CCC)CCCC)C(C)(C)C)c1ccc(Cl)cc1F. The van der Waals surface area contributed by atoms with E-state index >= 15 is 0 Å². The maximum Gasteiger partial charge on any atom is 0.133 e. The minimum Gasteiger partial charge on any atom is -0.381 e. The number of unbranched alkanes of at least 4 members (excludes halogenated alkanes) is 1. The van der Waals surface area contributed by atoms with Crippen molar-refractivity contribution >= 4 is 17.3 Å². The van der Waals surface area contributed by atoms with Gasteiger partial charge in [0, 0.05) is 22.3 Å². The number of rotatable bonds is 9. The van der Waals surface area contributed by atoms with Crippen LogP contribution in [0.4, 0.5) is 4.39 Å². The van der Waals surface area contributed by atoms with Gasteiger partial charge in [0.2, 0.25) is 0 Å². The van der Waals surface area contributed by atoms with Gasteiger partial charge in [0.1, 0.15) is 5.82 Å². The highest BCUT2D eigenvalue weighted by molar-refractivity contribution is 6.30. The number of halogens is 2. The summed E-state index contributed by atoms with van der Waals surface area (Å²) in [6, 6.07) is 5.01. The average Bonchev–Trinajstić information content (AvgIpc) is 2.48. The van der Waals surface area contributed by atoms with Crippen molar-refractivity contribution in [2.45, 2.75) is 72.8 Å². The van der Waals surface area contributed by atoms with Crippen LogP contribution in [-0.2, 0) is 0 Å². The van der Waals surface area contributed by atoms with Crippen molar-refractivity contribution in [2.75, 3.05) is 0 Å². The molecule has 2 atom stereocenters. The Labute approximate surface area is 152 Å². The summed E-state index contributed by atoms with van der Waals surface area (Å²) < 4.78 is 14.2. The summed E-state index contributed by atoms with van der Waals surface area (Å²) in [5, 5.41) is 3.96. The van der Waals surface area contributed by atoms with Gasteiger partial charge in [-0.05, 0) is 42.4 Å². The third-order valence-corrected chi connectivity index (χ3v) is 4.81. The van der Waals surface area contributed by atoms with Crippen LogP contribution in [-0.4, -0.2) is 6.04 Å². The first-order valence-corrected chi connectivity index (χ1v) is 9.49. The summed E-state index contributed by atoms with van der Waals surface area (Å²) in [7, 11) is 0. The van der Waals surface area contributed by atoms with E-state index in [1.807, 2.05) is 0 Å². The van der Waals surface area contributed by atoms with Gasteiger partial charge in [0.05, 0.1) is 0 Å². The number of nitrogens with one attached hydrogen (secondary N) is 1. The lowest BCUT2D eigenvalue weighted by molar-refractivity contribution is 0.191. The topological polar surface area (TPSA) is 12.0 Å². The summed E-state index contributed by atoms with van der Waals surface area (Å²) in [6.07, 6.45) is 5.94. The average molecular weight is 354 g/mol. The minimum absolute atomic E-state index is 0.0689. The molecule has 0 saturated carbocycles. The van der Waals surface area contributed by atoms with Gasteiger partial charge in [0.25, 0.3) is 0 Å². The molecule has 0 heterocycles. The van der Waals surface area contributed by atoms with E-state index in [-0.39, 0.29) is 17.3 Å². The molecule has 0 saturated heterocycles. The summed E-state index contributed by atoms with van der Waals surface area (Å²) >= 11 is 5.86. The molecule has 0 aromatic heterocycles. The normalized spacial score (nSPS) is 14.3. The maximum absolute atomic E-state index is 14.2. The predicted octanol–water partition coefficient (Wildman–Crippen LogP) is 7.06. The van der Waals surface area contributed by atoms with Crippen molar-refractivity contribution in [3.8, 4) is 0 Å². The van der Waals surface area contributed by atoms with Crippen molar-refractivity contribution in [3.05, 3.63) is 41.2 Å². The van der Waals surface area contributed by atoms with E-state index in [2.05, 4.69) is 46.5 Å². The van der Waals surface area contributed by atoms with Gasteiger partial charge in [-0.1, -0.05) is 72.1 Å². The van der Waals surface area contributed by atoms with Crippen molar-refractivity contribution in [1.82, 2.24) is 5.32 Å². The molecule has 136 valence electrons. The van der Waals surface area contributed by atoms with Gasteiger partial charge >= 0.3 is 0 Å². The Balaban J connectivity index is 3.01. The third kappa shape index (κ3) is 6.12. The molecular formula is C21H33ClFN. The summed E-state index contributed by atoms with van der Waals surface area (Å²) in [5.74, 6) is 0.232. The Bertz CT molecular complexity index is 533. The fourth-order valence-electron chi connectivity index (χ4n) is 3.36. The first-order valence-electron chi connectivity index (χ1n) is 9.11. The zero-order chi connectivity index (χ0) is 18.3. The predicted molar refractivity (Wildman–Crippen MR) is 105 cm³/mol. The Morgan fingerprint density at radius 2 is 1.88 bits per heavy atom. The van der Waals surface area contributed by atoms with Gasteiger partial charge in [-0.15, -0.1) is 0 Å². The van der Waals surface area contributed by atoms with Crippen molar-refractivity contribution in [3.63, 3.8) is 0 Å². The Morgan fingerprint density at radius 3 is 2.38 bits per heavy atom. The van der Waals surface area contributed by atoms with Crippen LogP contribution in [0.15, 0.2) is 24.8 Å². The summed E-state index contributed by atoms with van der Waals surface area (Å²) in [6.45, 7) is 15.3. The summed E-state index contributed by atoms with van der Waals surface area (Å²) in [4.78, 5) is 0. The lowest BCUT2D eigenvalue weighted by Gasteiger charge is -2.39. The fourth-order valence-corrected chi connectivity index (χ4v) is 3.51. The van der Waals surface area contributed by atoms with Crippen molar-refractivity contribution in [1.29, 1.82) is 0 Å². The molecule has 1 aromatic rings. The van der Waals surface area contributed by atoms with Gasteiger partial charge < -0.3 is 5.32 Å². The highest BCUT2D eigenvalue weighted by Crippen LogP contribution is 2.33. The van der Waals surface area contributed by atoms with Gasteiger partial charge in [-0.2, -0.15) is 0 Å². The van der Waals surface area contributed by atoms with Gasteiger partial charge in [-0.3, -0.25) is 0 Å². The molecule has 3 heteroatoms. The van der Waals surface area contributed by atoms with Crippen molar-refractivity contribution in [2.24, 2.45) is 11.3 Å². The van der Waals surface area contributed by atoms with E-state index in [4.69, 9.17) is 11.6 Å². The second kappa shape index (κ2) is 9.46. The van der Waals surface area contributed by atoms with E-state index in [1.54, 1.807) is 12.1 Å². The number of benzene rings is 1. The van der Waals surface area contributed by atoms with Gasteiger partial charge in [-0.25, -0.2) is 4.39 Å². The van der Waals surface area contributed by atoms with E-state index in [0.717, 1.165) is 6.42 Å². The molecule has 24 heavy (non-hydrogen) atoms. The zero-order valence-corrected chi connectivity index (χ0v) is 16.6. The Morgan fingerprint density at radius 1 is 1.21 bits per heavy atom. The molecule has 0 aliphatic heterocycles. The molecule has 0 spiro atoms. The lowest BCUT2D eigenvalue weighted by atomic mass is 9.75. The number of hydrogen-bond acceptors (Lipinski definition) is 1. The first kappa shape index (κ1) is 21.0. The molecule has 0 amide bonds.